The minimum atomic E-state index is -4.77. The zero-order chi connectivity index (χ0) is 29.3. The molecule has 0 saturated carbocycles. The number of fused-ring (bicyclic) bond motifs is 3. The first-order valence-corrected chi connectivity index (χ1v) is 12.6. The number of carbonyl (C=O) groups is 2. The number of ether oxygens (including phenoxy) is 3. The van der Waals surface area contributed by atoms with E-state index in [1.54, 1.807) is 23.2 Å². The van der Waals surface area contributed by atoms with E-state index in [-0.39, 0.29) is 35.1 Å². The first-order chi connectivity index (χ1) is 19.6. The number of alkyl halides is 3. The van der Waals surface area contributed by atoms with Crippen LogP contribution in [-0.4, -0.2) is 58.6 Å². The van der Waals surface area contributed by atoms with Crippen LogP contribution in [0, 0.1) is 0 Å². The fourth-order valence-corrected chi connectivity index (χ4v) is 5.19. The molecule has 3 heterocycles. The van der Waals surface area contributed by atoms with E-state index >= 15 is 0 Å². The second-order valence-corrected chi connectivity index (χ2v) is 9.50. The predicted octanol–water partition coefficient (Wildman–Crippen LogP) is 4.83. The maximum absolute atomic E-state index is 13.4. The summed E-state index contributed by atoms with van der Waals surface area (Å²) in [5.41, 5.74) is 3.85. The highest BCUT2D eigenvalue weighted by molar-refractivity contribution is 5.94. The number of carbonyl (C=O) groups excluding carboxylic acids is 1. The molecule has 1 aliphatic rings. The van der Waals surface area contributed by atoms with Crippen LogP contribution < -0.4 is 14.2 Å². The van der Waals surface area contributed by atoms with Crippen LogP contribution in [-0.2, 0) is 30.7 Å². The molecule has 0 atom stereocenters. The molecule has 0 unspecified atom stereocenters. The molecular formula is C29H26F3N3O6. The number of hydrogen-bond acceptors (Lipinski definition) is 6. The molecule has 0 fully saturated rings. The third-order valence-electron chi connectivity index (χ3n) is 7.00. The monoisotopic (exact) mass is 569 g/mol. The highest BCUT2D eigenvalue weighted by Crippen LogP contribution is 2.33. The zero-order valence-corrected chi connectivity index (χ0v) is 22.2. The maximum Gasteiger partial charge on any atom is 0.573 e. The average Bonchev–Trinajstić information content (AvgIpc) is 3.25. The van der Waals surface area contributed by atoms with Crippen molar-refractivity contribution >= 4 is 22.9 Å². The molecule has 0 aliphatic carbocycles. The molecule has 12 heteroatoms. The van der Waals surface area contributed by atoms with Crippen LogP contribution in [0.1, 0.15) is 32.7 Å². The van der Waals surface area contributed by atoms with Crippen molar-refractivity contribution in [2.45, 2.75) is 32.3 Å². The SMILES string of the molecule is COc1cc(CC(=O)N2CCc3c(n(Cc4ccc(OC(F)(F)F)cc4)c4ncccc34)C2)cc(OC)c1C(=O)O. The smallest absolute Gasteiger partial charge is 0.496 e. The fraction of sp³-hybridized carbons (Fsp3) is 0.276. The van der Waals surface area contributed by atoms with Gasteiger partial charge < -0.3 is 28.8 Å². The summed E-state index contributed by atoms with van der Waals surface area (Å²) in [5, 5.41) is 10.5. The molecule has 2 aromatic carbocycles. The van der Waals surface area contributed by atoms with Gasteiger partial charge in [0, 0.05) is 30.4 Å². The molecule has 5 rings (SSSR count). The lowest BCUT2D eigenvalue weighted by molar-refractivity contribution is -0.274. The molecule has 9 nitrogen and oxygen atoms in total. The van der Waals surface area contributed by atoms with E-state index in [4.69, 9.17) is 9.47 Å². The zero-order valence-electron chi connectivity index (χ0n) is 22.2. The van der Waals surface area contributed by atoms with Gasteiger partial charge in [-0.05, 0) is 59.5 Å². The van der Waals surface area contributed by atoms with E-state index in [1.807, 2.05) is 16.7 Å². The van der Waals surface area contributed by atoms with Crippen molar-refractivity contribution in [2.24, 2.45) is 0 Å². The number of amides is 1. The largest absolute Gasteiger partial charge is 0.573 e. The van der Waals surface area contributed by atoms with Crippen LogP contribution in [0.5, 0.6) is 17.2 Å². The number of aromatic nitrogens is 2. The molecule has 1 amide bonds. The summed E-state index contributed by atoms with van der Waals surface area (Å²) < 4.78 is 54.2. The van der Waals surface area contributed by atoms with Gasteiger partial charge >= 0.3 is 12.3 Å². The number of nitrogens with zero attached hydrogens (tertiary/aromatic N) is 3. The quantitative estimate of drug-likeness (QED) is 0.324. The summed E-state index contributed by atoms with van der Waals surface area (Å²) >= 11 is 0. The van der Waals surface area contributed by atoms with Crippen LogP contribution in [0.25, 0.3) is 11.0 Å². The van der Waals surface area contributed by atoms with Crippen LogP contribution >= 0.6 is 0 Å². The fourth-order valence-electron chi connectivity index (χ4n) is 5.19. The van der Waals surface area contributed by atoms with Gasteiger partial charge in [-0.1, -0.05) is 12.1 Å². The van der Waals surface area contributed by atoms with Crippen LogP contribution in [0.3, 0.4) is 0 Å². The van der Waals surface area contributed by atoms with E-state index in [0.29, 0.717) is 31.6 Å². The van der Waals surface area contributed by atoms with Crippen LogP contribution in [0.2, 0.25) is 0 Å². The number of benzene rings is 2. The Hall–Kier alpha value is -4.74. The standard InChI is InChI=1S/C29H26F3N3O6/c1-39-23-12-18(13-24(40-2)26(23)28(37)38)14-25(36)34-11-9-20-21-4-3-10-33-27(21)35(22(20)16-34)15-17-5-7-19(8-6-17)41-29(30,31)32/h3-8,10,12-13H,9,11,14-16H2,1-2H3,(H,37,38). The Morgan fingerprint density at radius 1 is 1.02 bits per heavy atom. The predicted molar refractivity (Wildman–Crippen MR) is 141 cm³/mol. The number of carboxylic acids is 1. The Kier molecular flexibility index (Phi) is 7.48. The highest BCUT2D eigenvalue weighted by atomic mass is 19.4. The average molecular weight is 570 g/mol. The van der Waals surface area contributed by atoms with Crippen LogP contribution in [0.4, 0.5) is 13.2 Å². The lowest BCUT2D eigenvalue weighted by atomic mass is 10.0. The second kappa shape index (κ2) is 11.0. The Balaban J connectivity index is 1.41. The molecule has 0 saturated heterocycles. The van der Waals surface area contributed by atoms with Crippen molar-refractivity contribution in [1.82, 2.24) is 14.5 Å². The number of aromatic carboxylic acids is 1. The van der Waals surface area contributed by atoms with Gasteiger partial charge in [0.25, 0.3) is 0 Å². The van der Waals surface area contributed by atoms with Crippen molar-refractivity contribution in [3.05, 3.63) is 82.7 Å². The topological polar surface area (TPSA) is 103 Å². The molecule has 4 aromatic rings. The van der Waals surface area contributed by atoms with Gasteiger partial charge in [0.2, 0.25) is 5.91 Å². The van der Waals surface area contributed by atoms with E-state index in [0.717, 1.165) is 27.9 Å². The summed E-state index contributed by atoms with van der Waals surface area (Å²) in [5.74, 6) is -1.48. The van der Waals surface area contributed by atoms with Gasteiger partial charge in [0.15, 0.2) is 0 Å². The molecule has 0 bridgehead atoms. The minimum Gasteiger partial charge on any atom is -0.496 e. The lowest BCUT2D eigenvalue weighted by Gasteiger charge is -2.29. The van der Waals surface area contributed by atoms with Gasteiger partial charge in [0.1, 0.15) is 28.5 Å². The number of carboxylic acid groups (broad SMARTS) is 1. The van der Waals surface area contributed by atoms with Crippen molar-refractivity contribution in [2.75, 3.05) is 20.8 Å². The molecular weight excluding hydrogens is 543 g/mol. The molecule has 0 spiro atoms. The number of pyridine rings is 1. The summed E-state index contributed by atoms with van der Waals surface area (Å²) in [6.45, 7) is 1.12. The number of hydrogen-bond donors (Lipinski definition) is 1. The Morgan fingerprint density at radius 3 is 2.32 bits per heavy atom. The van der Waals surface area contributed by atoms with E-state index < -0.39 is 12.3 Å². The van der Waals surface area contributed by atoms with Crippen molar-refractivity contribution in [3.63, 3.8) is 0 Å². The summed E-state index contributed by atoms with van der Waals surface area (Å²) in [6.07, 6.45) is -2.50. The molecule has 214 valence electrons. The van der Waals surface area contributed by atoms with Gasteiger partial charge in [0.05, 0.1) is 27.2 Å². The van der Waals surface area contributed by atoms with Gasteiger partial charge in [-0.2, -0.15) is 0 Å². The summed E-state index contributed by atoms with van der Waals surface area (Å²) in [7, 11) is 2.70. The summed E-state index contributed by atoms with van der Waals surface area (Å²) in [6, 6.07) is 12.5. The van der Waals surface area contributed by atoms with Gasteiger partial charge in [-0.25, -0.2) is 9.78 Å². The van der Waals surface area contributed by atoms with E-state index in [1.165, 1.54) is 38.5 Å². The number of methoxy groups -OCH3 is 2. The second-order valence-electron chi connectivity index (χ2n) is 9.50. The minimum absolute atomic E-state index is 0.00109. The number of halogens is 3. The lowest BCUT2D eigenvalue weighted by Crippen LogP contribution is -2.37. The Labute approximate surface area is 232 Å². The maximum atomic E-state index is 13.4. The first kappa shape index (κ1) is 27.8. The summed E-state index contributed by atoms with van der Waals surface area (Å²) in [4.78, 5) is 31.4. The van der Waals surface area contributed by atoms with Gasteiger partial charge in [-0.15, -0.1) is 13.2 Å². The molecule has 1 N–H and O–H groups in total. The Morgan fingerprint density at radius 2 is 1.71 bits per heavy atom. The third kappa shape index (κ3) is 5.76. The normalized spacial score (nSPS) is 13.1. The van der Waals surface area contributed by atoms with E-state index in [2.05, 4.69) is 9.72 Å². The Bertz CT molecular complexity index is 1590. The van der Waals surface area contributed by atoms with Crippen LogP contribution in [0.15, 0.2) is 54.7 Å². The molecule has 0 radical (unpaired) electrons. The number of rotatable bonds is 8. The third-order valence-corrected chi connectivity index (χ3v) is 7.00. The van der Waals surface area contributed by atoms with Gasteiger partial charge in [-0.3, -0.25) is 4.79 Å². The highest BCUT2D eigenvalue weighted by Gasteiger charge is 2.31. The molecule has 1 aliphatic heterocycles. The van der Waals surface area contributed by atoms with E-state index in [9.17, 15) is 27.9 Å². The van der Waals surface area contributed by atoms with Crippen molar-refractivity contribution < 1.29 is 42.1 Å². The van der Waals surface area contributed by atoms with Crippen molar-refractivity contribution in [3.8, 4) is 17.2 Å². The molecule has 2 aromatic heterocycles. The van der Waals surface area contributed by atoms with Crippen molar-refractivity contribution in [1.29, 1.82) is 0 Å². The molecule has 41 heavy (non-hydrogen) atoms. The first-order valence-electron chi connectivity index (χ1n) is 12.6.